The summed E-state index contributed by atoms with van der Waals surface area (Å²) in [7, 11) is 1.78. The molecule has 6 heteroatoms. The predicted molar refractivity (Wildman–Crippen MR) is 85.2 cm³/mol. The minimum absolute atomic E-state index is 0.123. The monoisotopic (exact) mass is 301 g/mol. The molecule has 0 aliphatic rings. The van der Waals surface area contributed by atoms with Gasteiger partial charge in [-0.1, -0.05) is 37.3 Å². The number of carbonyl (C=O) groups excluding carboxylic acids is 1. The predicted octanol–water partition coefficient (Wildman–Crippen LogP) is 2.59. The van der Waals surface area contributed by atoms with Crippen LogP contribution in [0.3, 0.4) is 0 Å². The first-order valence-corrected chi connectivity index (χ1v) is 7.55. The molecule has 0 bridgehead atoms. The van der Waals surface area contributed by atoms with Crippen LogP contribution < -0.4 is 5.32 Å². The van der Waals surface area contributed by atoms with Crippen molar-refractivity contribution in [3.8, 4) is 0 Å². The lowest BCUT2D eigenvalue weighted by Crippen LogP contribution is -2.39. The molecule has 0 radical (unpaired) electrons. The number of hydrogen-bond donors (Lipinski definition) is 1. The minimum Gasteiger partial charge on any atom is -0.328 e. The molecule has 0 saturated carbocycles. The van der Waals surface area contributed by atoms with E-state index in [0.717, 1.165) is 24.4 Å². The Kier molecular flexibility index (Phi) is 5.52. The van der Waals surface area contributed by atoms with Gasteiger partial charge in [-0.2, -0.15) is 5.10 Å². The van der Waals surface area contributed by atoms with Gasteiger partial charge in [0.1, 0.15) is 12.2 Å². The number of nitrogens with zero attached hydrogens (tertiary/aromatic N) is 4. The Morgan fingerprint density at radius 2 is 2.09 bits per heavy atom. The molecule has 1 aromatic carbocycles. The third kappa shape index (κ3) is 4.07. The first-order valence-electron chi connectivity index (χ1n) is 7.55. The van der Waals surface area contributed by atoms with E-state index in [4.69, 9.17) is 0 Å². The zero-order chi connectivity index (χ0) is 15.9. The summed E-state index contributed by atoms with van der Waals surface area (Å²) in [5, 5.41) is 7.15. The fourth-order valence-electron chi connectivity index (χ4n) is 2.28. The summed E-state index contributed by atoms with van der Waals surface area (Å²) < 4.78 is 1.84. The van der Waals surface area contributed by atoms with Crippen molar-refractivity contribution in [2.75, 3.05) is 7.05 Å². The normalized spacial score (nSPS) is 12.0. The lowest BCUT2D eigenvalue weighted by molar-refractivity contribution is 0.202. The van der Waals surface area contributed by atoms with Gasteiger partial charge in [-0.15, -0.1) is 0 Å². The van der Waals surface area contributed by atoms with E-state index < -0.39 is 0 Å². The Labute approximate surface area is 131 Å². The van der Waals surface area contributed by atoms with E-state index in [-0.39, 0.29) is 12.1 Å². The number of aromatic nitrogens is 3. The van der Waals surface area contributed by atoms with E-state index in [9.17, 15) is 4.79 Å². The van der Waals surface area contributed by atoms with Crippen LogP contribution in [0, 0.1) is 0 Å². The number of carbonyl (C=O) groups is 1. The highest BCUT2D eigenvalue weighted by Crippen LogP contribution is 2.10. The Balaban J connectivity index is 1.94. The van der Waals surface area contributed by atoms with Gasteiger partial charge in [0, 0.05) is 20.1 Å². The van der Waals surface area contributed by atoms with Crippen molar-refractivity contribution in [3.05, 3.63) is 48.0 Å². The standard InChI is InChI=1S/C16H23N5O/c1-4-10-21-15(17-12-18-21)13(2)19-16(22)20(3)11-14-8-6-5-7-9-14/h5-9,12-13H,4,10-11H2,1-3H3,(H,19,22)/t13-/m0/s1. The topological polar surface area (TPSA) is 63.1 Å². The molecule has 0 unspecified atom stereocenters. The Morgan fingerprint density at radius 3 is 2.77 bits per heavy atom. The highest BCUT2D eigenvalue weighted by Gasteiger charge is 2.17. The molecule has 2 rings (SSSR count). The van der Waals surface area contributed by atoms with Crippen LogP contribution in [0.15, 0.2) is 36.7 Å². The van der Waals surface area contributed by atoms with Gasteiger partial charge >= 0.3 is 6.03 Å². The van der Waals surface area contributed by atoms with E-state index in [0.29, 0.717) is 6.54 Å². The molecule has 2 amide bonds. The summed E-state index contributed by atoms with van der Waals surface area (Å²) in [6.07, 6.45) is 2.51. The van der Waals surface area contributed by atoms with Gasteiger partial charge < -0.3 is 10.2 Å². The first-order chi connectivity index (χ1) is 10.6. The molecule has 0 aliphatic carbocycles. The maximum absolute atomic E-state index is 12.3. The SMILES string of the molecule is CCCn1ncnc1[C@H](C)NC(=O)N(C)Cc1ccccc1. The number of benzene rings is 1. The maximum Gasteiger partial charge on any atom is 0.318 e. The van der Waals surface area contributed by atoms with Gasteiger partial charge in [-0.3, -0.25) is 0 Å². The second kappa shape index (κ2) is 7.59. The molecule has 1 heterocycles. The zero-order valence-electron chi connectivity index (χ0n) is 13.4. The molecule has 0 fully saturated rings. The molecular weight excluding hydrogens is 278 g/mol. The lowest BCUT2D eigenvalue weighted by atomic mass is 10.2. The fraction of sp³-hybridized carbons (Fsp3) is 0.438. The average molecular weight is 301 g/mol. The summed E-state index contributed by atoms with van der Waals surface area (Å²) >= 11 is 0. The van der Waals surface area contributed by atoms with Crippen LogP contribution in [0.1, 0.15) is 37.7 Å². The second-order valence-corrected chi connectivity index (χ2v) is 5.35. The van der Waals surface area contributed by atoms with Crippen LogP contribution in [0.25, 0.3) is 0 Å². The number of amides is 2. The van der Waals surface area contributed by atoms with Gasteiger partial charge in [0.2, 0.25) is 0 Å². The van der Waals surface area contributed by atoms with Crippen LogP contribution >= 0.6 is 0 Å². The van der Waals surface area contributed by atoms with Crippen molar-refractivity contribution in [3.63, 3.8) is 0 Å². The number of aryl methyl sites for hydroxylation is 1. The van der Waals surface area contributed by atoms with Crippen LogP contribution in [0.5, 0.6) is 0 Å². The molecule has 6 nitrogen and oxygen atoms in total. The minimum atomic E-state index is -0.181. The smallest absolute Gasteiger partial charge is 0.318 e. The third-order valence-corrected chi connectivity index (χ3v) is 3.42. The van der Waals surface area contributed by atoms with Gasteiger partial charge in [0.05, 0.1) is 6.04 Å². The Hall–Kier alpha value is -2.37. The average Bonchev–Trinajstić information content (AvgIpc) is 2.97. The zero-order valence-corrected chi connectivity index (χ0v) is 13.4. The number of urea groups is 1. The van der Waals surface area contributed by atoms with Crippen LogP contribution in [0.2, 0.25) is 0 Å². The first kappa shape index (κ1) is 16.0. The van der Waals surface area contributed by atoms with Crippen molar-refractivity contribution in [2.24, 2.45) is 0 Å². The molecule has 2 aromatic rings. The van der Waals surface area contributed by atoms with Crippen LogP contribution in [-0.2, 0) is 13.1 Å². The van der Waals surface area contributed by atoms with E-state index >= 15 is 0 Å². The fourth-order valence-corrected chi connectivity index (χ4v) is 2.28. The Morgan fingerprint density at radius 1 is 1.36 bits per heavy atom. The summed E-state index contributed by atoms with van der Waals surface area (Å²) in [4.78, 5) is 18.2. The second-order valence-electron chi connectivity index (χ2n) is 5.35. The molecule has 1 N–H and O–H groups in total. The van der Waals surface area contributed by atoms with Gasteiger partial charge in [0.15, 0.2) is 0 Å². The van der Waals surface area contributed by atoms with Crippen molar-refractivity contribution in [1.29, 1.82) is 0 Å². The summed E-state index contributed by atoms with van der Waals surface area (Å²) in [6, 6.07) is 9.61. The molecule has 0 aliphatic heterocycles. The largest absolute Gasteiger partial charge is 0.328 e. The molecule has 22 heavy (non-hydrogen) atoms. The van der Waals surface area contributed by atoms with Gasteiger partial charge in [0.25, 0.3) is 0 Å². The summed E-state index contributed by atoms with van der Waals surface area (Å²) in [6.45, 7) is 5.38. The van der Waals surface area contributed by atoms with Crippen LogP contribution in [0.4, 0.5) is 4.79 Å². The van der Waals surface area contributed by atoms with Gasteiger partial charge in [-0.05, 0) is 18.9 Å². The molecule has 118 valence electrons. The van der Waals surface area contributed by atoms with Crippen molar-refractivity contribution in [2.45, 2.75) is 39.4 Å². The highest BCUT2D eigenvalue weighted by molar-refractivity contribution is 5.74. The Bertz CT molecular complexity index is 596. The maximum atomic E-state index is 12.3. The summed E-state index contributed by atoms with van der Waals surface area (Å²) in [5.41, 5.74) is 1.10. The third-order valence-electron chi connectivity index (χ3n) is 3.42. The summed E-state index contributed by atoms with van der Waals surface area (Å²) in [5.74, 6) is 0.781. The van der Waals surface area contributed by atoms with Crippen molar-refractivity contribution in [1.82, 2.24) is 25.0 Å². The van der Waals surface area contributed by atoms with E-state index in [1.807, 2.05) is 41.9 Å². The van der Waals surface area contributed by atoms with E-state index in [1.54, 1.807) is 11.9 Å². The molecule has 1 atom stereocenters. The molecular formula is C16H23N5O. The molecule has 0 spiro atoms. The van der Waals surface area contributed by atoms with Gasteiger partial charge in [-0.25, -0.2) is 14.5 Å². The number of nitrogens with one attached hydrogen (secondary N) is 1. The molecule has 0 saturated heterocycles. The van der Waals surface area contributed by atoms with Crippen LogP contribution in [-0.4, -0.2) is 32.7 Å². The van der Waals surface area contributed by atoms with Crippen molar-refractivity contribution >= 4 is 6.03 Å². The van der Waals surface area contributed by atoms with Crippen molar-refractivity contribution < 1.29 is 4.79 Å². The number of rotatable bonds is 6. The highest BCUT2D eigenvalue weighted by atomic mass is 16.2. The number of hydrogen-bond acceptors (Lipinski definition) is 3. The quantitative estimate of drug-likeness (QED) is 0.892. The lowest BCUT2D eigenvalue weighted by Gasteiger charge is -2.21. The van der Waals surface area contributed by atoms with E-state index in [1.165, 1.54) is 6.33 Å². The van der Waals surface area contributed by atoms with E-state index in [2.05, 4.69) is 22.3 Å². The molecule has 1 aromatic heterocycles.